The predicted molar refractivity (Wildman–Crippen MR) is 75.6 cm³/mol. The Hall–Kier alpha value is -1.00. The van der Waals surface area contributed by atoms with E-state index in [-0.39, 0.29) is 5.41 Å². The van der Waals surface area contributed by atoms with E-state index in [1.807, 2.05) is 17.9 Å². The fraction of sp³-hybridized carbons (Fsp3) is 0.462. The van der Waals surface area contributed by atoms with Crippen LogP contribution in [0.2, 0.25) is 0 Å². The number of fused-ring (bicyclic) bond motifs is 1. The normalized spacial score (nSPS) is 12.2. The van der Waals surface area contributed by atoms with Gasteiger partial charge < -0.3 is 9.88 Å². The van der Waals surface area contributed by atoms with Gasteiger partial charge in [0, 0.05) is 24.9 Å². The Balaban J connectivity index is 2.35. The van der Waals surface area contributed by atoms with Crippen LogP contribution in [0.15, 0.2) is 24.5 Å². The molecule has 1 aromatic carbocycles. The minimum atomic E-state index is 0.0917. The van der Waals surface area contributed by atoms with Crippen molar-refractivity contribution in [3.8, 4) is 0 Å². The number of benzene rings is 1. The maximum absolute atomic E-state index is 4.40. The third-order valence-electron chi connectivity index (χ3n) is 3.19. The molecule has 0 spiro atoms. The molecule has 1 heterocycles. The zero-order valence-electron chi connectivity index (χ0n) is 10.6. The van der Waals surface area contributed by atoms with Crippen LogP contribution in [0.25, 0.3) is 11.0 Å². The first-order chi connectivity index (χ1) is 8.04. The average Bonchev–Trinajstić information content (AvgIpc) is 2.68. The quantitative estimate of drug-likeness (QED) is 0.643. The first-order valence-corrected chi connectivity index (χ1v) is 6.41. The molecule has 2 rings (SSSR count). The summed E-state index contributed by atoms with van der Waals surface area (Å²) in [6, 6.07) is 6.50. The van der Waals surface area contributed by atoms with Gasteiger partial charge in [0.05, 0.1) is 17.4 Å². The van der Waals surface area contributed by atoms with Crippen LogP contribution < -0.4 is 5.32 Å². The van der Waals surface area contributed by atoms with Gasteiger partial charge in [-0.3, -0.25) is 0 Å². The highest BCUT2D eigenvalue weighted by atomic mass is 32.1. The van der Waals surface area contributed by atoms with Crippen molar-refractivity contribution in [1.82, 2.24) is 14.9 Å². The van der Waals surface area contributed by atoms with Gasteiger partial charge in [0.2, 0.25) is 0 Å². The summed E-state index contributed by atoms with van der Waals surface area (Å²) in [5.74, 6) is 0.704. The molecule has 2 aromatic rings. The molecule has 1 aromatic heterocycles. The molecule has 17 heavy (non-hydrogen) atoms. The van der Waals surface area contributed by atoms with Crippen LogP contribution in [0.5, 0.6) is 0 Å². The standard InChI is InChI=1S/C13H19N3S/c1-13(2,7-14-9-17)10-4-5-12-11(6-10)15-8-16(12)3/h4-6,8,14,17H,7,9H2,1-3H3. The Morgan fingerprint density at radius 2 is 2.18 bits per heavy atom. The van der Waals surface area contributed by atoms with Gasteiger partial charge in [-0.15, -0.1) is 0 Å². The summed E-state index contributed by atoms with van der Waals surface area (Å²) in [6.45, 7) is 5.37. The van der Waals surface area contributed by atoms with Gasteiger partial charge in [0.25, 0.3) is 0 Å². The summed E-state index contributed by atoms with van der Waals surface area (Å²) >= 11 is 4.18. The van der Waals surface area contributed by atoms with Crippen LogP contribution in [0.4, 0.5) is 0 Å². The largest absolute Gasteiger partial charge is 0.334 e. The predicted octanol–water partition coefficient (Wildman–Crippen LogP) is 2.33. The van der Waals surface area contributed by atoms with Crippen LogP contribution in [0.1, 0.15) is 19.4 Å². The summed E-state index contributed by atoms with van der Waals surface area (Å²) in [4.78, 5) is 4.40. The van der Waals surface area contributed by atoms with Gasteiger partial charge in [0.15, 0.2) is 0 Å². The van der Waals surface area contributed by atoms with Crippen molar-refractivity contribution in [3.05, 3.63) is 30.1 Å². The maximum atomic E-state index is 4.40. The number of rotatable bonds is 4. The monoisotopic (exact) mass is 249 g/mol. The van der Waals surface area contributed by atoms with Gasteiger partial charge in [-0.25, -0.2) is 4.98 Å². The number of aryl methyl sites for hydroxylation is 1. The fourth-order valence-electron chi connectivity index (χ4n) is 2.03. The van der Waals surface area contributed by atoms with Crippen molar-refractivity contribution in [3.63, 3.8) is 0 Å². The van der Waals surface area contributed by atoms with Crippen LogP contribution >= 0.6 is 12.6 Å². The second-order valence-electron chi connectivity index (χ2n) is 5.03. The van der Waals surface area contributed by atoms with E-state index < -0.39 is 0 Å². The smallest absolute Gasteiger partial charge is 0.0955 e. The van der Waals surface area contributed by atoms with E-state index in [9.17, 15) is 0 Å². The number of hydrogen-bond donors (Lipinski definition) is 2. The molecule has 92 valence electrons. The minimum absolute atomic E-state index is 0.0917. The van der Waals surface area contributed by atoms with E-state index >= 15 is 0 Å². The summed E-state index contributed by atoms with van der Waals surface area (Å²) in [7, 11) is 2.02. The average molecular weight is 249 g/mol. The number of thiol groups is 1. The number of nitrogens with zero attached hydrogens (tertiary/aromatic N) is 2. The Morgan fingerprint density at radius 1 is 1.41 bits per heavy atom. The molecule has 0 saturated carbocycles. The summed E-state index contributed by atoms with van der Waals surface area (Å²) in [5, 5.41) is 3.28. The van der Waals surface area contributed by atoms with E-state index in [0.29, 0.717) is 5.88 Å². The highest BCUT2D eigenvalue weighted by molar-refractivity contribution is 7.80. The molecule has 0 aliphatic heterocycles. The van der Waals surface area contributed by atoms with Crippen LogP contribution in [0, 0.1) is 0 Å². The van der Waals surface area contributed by atoms with Gasteiger partial charge in [-0.05, 0) is 17.7 Å². The fourth-order valence-corrected chi connectivity index (χ4v) is 2.14. The number of aromatic nitrogens is 2. The zero-order chi connectivity index (χ0) is 12.5. The molecular formula is C13H19N3S. The van der Waals surface area contributed by atoms with Crippen molar-refractivity contribution in [1.29, 1.82) is 0 Å². The summed E-state index contributed by atoms with van der Waals surface area (Å²) < 4.78 is 2.04. The van der Waals surface area contributed by atoms with Crippen LogP contribution in [0.3, 0.4) is 0 Å². The van der Waals surface area contributed by atoms with Crippen molar-refractivity contribution in [2.24, 2.45) is 7.05 Å². The Kier molecular flexibility index (Phi) is 3.45. The lowest BCUT2D eigenvalue weighted by atomic mass is 9.84. The molecule has 0 bridgehead atoms. The lowest BCUT2D eigenvalue weighted by molar-refractivity contribution is 0.491. The van der Waals surface area contributed by atoms with E-state index in [4.69, 9.17) is 0 Å². The van der Waals surface area contributed by atoms with Crippen LogP contribution in [-0.2, 0) is 12.5 Å². The molecule has 0 aliphatic rings. The molecular weight excluding hydrogens is 230 g/mol. The Labute approximate surface area is 108 Å². The van der Waals surface area contributed by atoms with Crippen molar-refractivity contribution in [2.75, 3.05) is 12.4 Å². The zero-order valence-corrected chi connectivity index (χ0v) is 11.5. The van der Waals surface area contributed by atoms with E-state index in [1.54, 1.807) is 0 Å². The third kappa shape index (κ3) is 2.48. The summed E-state index contributed by atoms with van der Waals surface area (Å²) in [6.07, 6.45) is 1.85. The van der Waals surface area contributed by atoms with E-state index in [2.05, 4.69) is 55.0 Å². The number of hydrogen-bond acceptors (Lipinski definition) is 3. The van der Waals surface area contributed by atoms with Gasteiger partial charge >= 0.3 is 0 Å². The lowest BCUT2D eigenvalue weighted by Crippen LogP contribution is -2.32. The molecule has 0 atom stereocenters. The second-order valence-corrected chi connectivity index (χ2v) is 5.34. The highest BCUT2D eigenvalue weighted by Gasteiger charge is 2.20. The number of imidazole rings is 1. The van der Waals surface area contributed by atoms with Gasteiger partial charge in [0.1, 0.15) is 0 Å². The van der Waals surface area contributed by atoms with E-state index in [1.165, 1.54) is 11.1 Å². The maximum Gasteiger partial charge on any atom is 0.0955 e. The SMILES string of the molecule is Cn1cnc2cc(C(C)(C)CNCS)ccc21. The molecule has 0 amide bonds. The molecule has 1 N–H and O–H groups in total. The van der Waals surface area contributed by atoms with Crippen LogP contribution in [-0.4, -0.2) is 22.0 Å². The minimum Gasteiger partial charge on any atom is -0.334 e. The molecule has 0 aliphatic carbocycles. The molecule has 0 radical (unpaired) electrons. The summed E-state index contributed by atoms with van der Waals surface area (Å²) in [5.41, 5.74) is 3.63. The highest BCUT2D eigenvalue weighted by Crippen LogP contribution is 2.25. The van der Waals surface area contributed by atoms with Gasteiger partial charge in [-0.2, -0.15) is 12.6 Å². The first-order valence-electron chi connectivity index (χ1n) is 5.78. The number of nitrogens with one attached hydrogen (secondary N) is 1. The molecule has 0 saturated heterocycles. The van der Waals surface area contributed by atoms with Gasteiger partial charge in [-0.1, -0.05) is 19.9 Å². The van der Waals surface area contributed by atoms with Crippen molar-refractivity contribution in [2.45, 2.75) is 19.3 Å². The molecule has 3 nitrogen and oxygen atoms in total. The van der Waals surface area contributed by atoms with Crippen molar-refractivity contribution < 1.29 is 0 Å². The third-order valence-corrected chi connectivity index (χ3v) is 3.41. The first kappa shape index (κ1) is 12.5. The Morgan fingerprint density at radius 3 is 2.88 bits per heavy atom. The topological polar surface area (TPSA) is 29.9 Å². The molecule has 0 fully saturated rings. The lowest BCUT2D eigenvalue weighted by Gasteiger charge is -2.25. The van der Waals surface area contributed by atoms with E-state index in [0.717, 1.165) is 12.1 Å². The molecule has 0 unspecified atom stereocenters. The Bertz CT molecular complexity index is 516. The van der Waals surface area contributed by atoms with Crippen molar-refractivity contribution >= 4 is 23.7 Å². The molecule has 4 heteroatoms. The second kappa shape index (κ2) is 4.70.